The molecule has 1 aromatic carbocycles. The van der Waals surface area contributed by atoms with Gasteiger partial charge in [-0.05, 0) is 38.1 Å². The van der Waals surface area contributed by atoms with Gasteiger partial charge in [-0.1, -0.05) is 0 Å². The minimum absolute atomic E-state index is 0.0333. The third-order valence-corrected chi connectivity index (χ3v) is 5.79. The molecule has 3 rings (SSSR count). The lowest BCUT2D eigenvalue weighted by Crippen LogP contribution is -2.47. The van der Waals surface area contributed by atoms with E-state index in [1.54, 1.807) is 19.2 Å². The van der Waals surface area contributed by atoms with E-state index in [9.17, 15) is 14.9 Å². The Balaban J connectivity index is 1.72. The van der Waals surface area contributed by atoms with Gasteiger partial charge in [-0.2, -0.15) is 0 Å². The number of ether oxygens (including phenoxy) is 1. The Morgan fingerprint density at radius 3 is 2.84 bits per heavy atom. The summed E-state index contributed by atoms with van der Waals surface area (Å²) in [6, 6.07) is 6.37. The zero-order valence-corrected chi connectivity index (χ0v) is 14.9. The van der Waals surface area contributed by atoms with Crippen molar-refractivity contribution in [3.05, 3.63) is 39.3 Å². The Morgan fingerprint density at radius 2 is 2.16 bits per heavy atom. The Morgan fingerprint density at radius 1 is 1.40 bits per heavy atom. The van der Waals surface area contributed by atoms with Crippen LogP contribution in [-0.2, 0) is 4.74 Å². The van der Waals surface area contributed by atoms with E-state index >= 15 is 0 Å². The number of nitrogens with zero attached hydrogens (tertiary/aromatic N) is 1. The van der Waals surface area contributed by atoms with Gasteiger partial charge in [0.15, 0.2) is 0 Å². The number of hydrogen-bond donors (Lipinski definition) is 2. The molecule has 1 aliphatic rings. The van der Waals surface area contributed by atoms with Gasteiger partial charge in [-0.25, -0.2) is 0 Å². The van der Waals surface area contributed by atoms with Crippen molar-refractivity contribution in [1.82, 2.24) is 10.6 Å². The maximum Gasteiger partial charge on any atom is 0.270 e. The number of thiophene rings is 1. The van der Waals surface area contributed by atoms with Gasteiger partial charge in [0.05, 0.1) is 16.4 Å². The van der Waals surface area contributed by atoms with Crippen molar-refractivity contribution < 1.29 is 14.5 Å². The van der Waals surface area contributed by atoms with E-state index < -0.39 is 4.92 Å². The van der Waals surface area contributed by atoms with E-state index in [0.29, 0.717) is 18.0 Å². The number of carbonyl (C=O) groups excluding carboxylic acids is 1. The van der Waals surface area contributed by atoms with Gasteiger partial charge in [0.1, 0.15) is 0 Å². The number of hydrogen-bond acceptors (Lipinski definition) is 6. The summed E-state index contributed by atoms with van der Waals surface area (Å²) in [5.74, 6) is -0.141. The number of nitro benzene ring substituents is 1. The van der Waals surface area contributed by atoms with Crippen LogP contribution in [-0.4, -0.2) is 44.2 Å². The molecule has 1 aliphatic heterocycles. The van der Waals surface area contributed by atoms with Gasteiger partial charge in [0, 0.05) is 41.3 Å². The zero-order valence-electron chi connectivity index (χ0n) is 14.0. The first-order chi connectivity index (χ1) is 12.0. The number of nitrogens with one attached hydrogen (secondary N) is 2. The molecule has 25 heavy (non-hydrogen) atoms. The van der Waals surface area contributed by atoms with Crippen LogP contribution in [0.25, 0.3) is 10.1 Å². The predicted octanol–water partition coefficient (Wildman–Crippen LogP) is 2.56. The summed E-state index contributed by atoms with van der Waals surface area (Å²) in [6.45, 7) is 3.03. The highest BCUT2D eigenvalue weighted by atomic mass is 32.1. The average molecular weight is 363 g/mol. The number of rotatable bonds is 6. The monoisotopic (exact) mass is 363 g/mol. The van der Waals surface area contributed by atoms with Crippen LogP contribution in [0.4, 0.5) is 5.69 Å². The Hall–Kier alpha value is -2.03. The van der Waals surface area contributed by atoms with Crippen molar-refractivity contribution in [3.63, 3.8) is 0 Å². The molecule has 7 nitrogen and oxygen atoms in total. The summed E-state index contributed by atoms with van der Waals surface area (Å²) >= 11 is 1.35. The molecule has 0 spiro atoms. The van der Waals surface area contributed by atoms with Crippen molar-refractivity contribution in [2.75, 3.05) is 33.4 Å². The number of benzene rings is 1. The van der Waals surface area contributed by atoms with E-state index in [4.69, 9.17) is 4.74 Å². The predicted molar refractivity (Wildman–Crippen MR) is 97.2 cm³/mol. The lowest BCUT2D eigenvalue weighted by atomic mass is 9.79. The third-order valence-electron chi connectivity index (χ3n) is 4.67. The summed E-state index contributed by atoms with van der Waals surface area (Å²) < 4.78 is 6.23. The average Bonchev–Trinajstić information content (AvgIpc) is 3.04. The molecule has 134 valence electrons. The van der Waals surface area contributed by atoms with Crippen molar-refractivity contribution in [2.24, 2.45) is 5.41 Å². The van der Waals surface area contributed by atoms with Crippen LogP contribution in [0.3, 0.4) is 0 Å². The fourth-order valence-corrected chi connectivity index (χ4v) is 4.21. The van der Waals surface area contributed by atoms with Crippen LogP contribution in [0, 0.1) is 15.5 Å². The first kappa shape index (κ1) is 17.8. The summed E-state index contributed by atoms with van der Waals surface area (Å²) in [5, 5.41) is 17.9. The van der Waals surface area contributed by atoms with Gasteiger partial charge in [-0.15, -0.1) is 11.3 Å². The van der Waals surface area contributed by atoms with Gasteiger partial charge in [0.25, 0.3) is 11.6 Å². The van der Waals surface area contributed by atoms with E-state index in [1.165, 1.54) is 23.5 Å². The number of methoxy groups -OCH3 is 1. The van der Waals surface area contributed by atoms with Gasteiger partial charge in [0.2, 0.25) is 0 Å². The normalized spacial score (nSPS) is 16.7. The highest BCUT2D eigenvalue weighted by Crippen LogP contribution is 2.30. The van der Waals surface area contributed by atoms with Crippen LogP contribution in [0.1, 0.15) is 22.5 Å². The van der Waals surface area contributed by atoms with Crippen molar-refractivity contribution in [1.29, 1.82) is 0 Å². The van der Waals surface area contributed by atoms with Crippen molar-refractivity contribution in [2.45, 2.75) is 12.8 Å². The minimum Gasteiger partial charge on any atom is -0.384 e. The summed E-state index contributed by atoms with van der Waals surface area (Å²) in [7, 11) is 1.69. The molecule has 0 bridgehead atoms. The van der Waals surface area contributed by atoms with Crippen molar-refractivity contribution in [3.8, 4) is 0 Å². The maximum atomic E-state index is 12.5. The largest absolute Gasteiger partial charge is 0.384 e. The van der Waals surface area contributed by atoms with Gasteiger partial charge < -0.3 is 15.4 Å². The highest BCUT2D eigenvalue weighted by Gasteiger charge is 2.32. The molecule has 1 saturated heterocycles. The molecule has 2 N–H and O–H groups in total. The number of carbonyl (C=O) groups is 1. The number of non-ortho nitro benzene ring substituents is 1. The third kappa shape index (κ3) is 3.97. The molecule has 8 heteroatoms. The molecule has 1 fully saturated rings. The van der Waals surface area contributed by atoms with Crippen LogP contribution in [0.15, 0.2) is 24.3 Å². The molecule has 0 unspecified atom stereocenters. The van der Waals surface area contributed by atoms with Crippen LogP contribution >= 0.6 is 11.3 Å². The number of fused-ring (bicyclic) bond motifs is 1. The zero-order chi connectivity index (χ0) is 17.9. The summed E-state index contributed by atoms with van der Waals surface area (Å²) in [5.41, 5.74) is -0.00323. The first-order valence-corrected chi connectivity index (χ1v) is 9.00. The Labute approximate surface area is 149 Å². The van der Waals surface area contributed by atoms with Crippen LogP contribution in [0.5, 0.6) is 0 Å². The second kappa shape index (κ2) is 7.47. The van der Waals surface area contributed by atoms with E-state index in [1.807, 2.05) is 0 Å². The molecule has 1 amide bonds. The van der Waals surface area contributed by atoms with Crippen LogP contribution in [0.2, 0.25) is 0 Å². The minimum atomic E-state index is -0.428. The standard InChI is InChI=1S/C17H21N3O4S/c1-24-11-17(4-6-18-7-5-17)10-19-16(21)15-9-12-8-13(20(22)23)2-3-14(12)25-15/h2-3,8-9,18H,4-7,10-11H2,1H3,(H,19,21). The molecule has 0 aliphatic carbocycles. The number of piperidine rings is 1. The Bertz CT molecular complexity index is 778. The molecule has 0 atom stereocenters. The maximum absolute atomic E-state index is 12.5. The number of amides is 1. The van der Waals surface area contributed by atoms with E-state index in [2.05, 4.69) is 10.6 Å². The van der Waals surface area contributed by atoms with Crippen molar-refractivity contribution >= 4 is 33.0 Å². The Kier molecular flexibility index (Phi) is 5.31. The fraction of sp³-hybridized carbons (Fsp3) is 0.471. The lowest BCUT2D eigenvalue weighted by molar-refractivity contribution is -0.384. The topological polar surface area (TPSA) is 93.5 Å². The molecule has 0 saturated carbocycles. The van der Waals surface area contributed by atoms with E-state index in [-0.39, 0.29) is 17.0 Å². The second-order valence-electron chi connectivity index (χ2n) is 6.46. The second-order valence-corrected chi connectivity index (χ2v) is 7.54. The van der Waals surface area contributed by atoms with E-state index in [0.717, 1.165) is 36.0 Å². The summed E-state index contributed by atoms with van der Waals surface area (Å²) in [4.78, 5) is 23.5. The number of nitro groups is 1. The highest BCUT2D eigenvalue weighted by molar-refractivity contribution is 7.20. The quantitative estimate of drug-likeness (QED) is 0.608. The molecule has 2 aromatic rings. The lowest BCUT2D eigenvalue weighted by Gasteiger charge is -2.37. The first-order valence-electron chi connectivity index (χ1n) is 8.19. The molecule has 2 heterocycles. The fourth-order valence-electron chi connectivity index (χ4n) is 3.25. The van der Waals surface area contributed by atoms with Gasteiger partial charge >= 0.3 is 0 Å². The smallest absolute Gasteiger partial charge is 0.270 e. The summed E-state index contributed by atoms with van der Waals surface area (Å²) in [6.07, 6.45) is 1.92. The molecule has 0 radical (unpaired) electrons. The van der Waals surface area contributed by atoms with Crippen LogP contribution < -0.4 is 10.6 Å². The molecular weight excluding hydrogens is 342 g/mol. The SMILES string of the molecule is COCC1(CNC(=O)c2cc3cc([N+](=O)[O-])ccc3s2)CCNCC1. The molecular formula is C17H21N3O4S. The molecule has 1 aromatic heterocycles. The van der Waals surface area contributed by atoms with Gasteiger partial charge in [-0.3, -0.25) is 14.9 Å².